The van der Waals surface area contributed by atoms with Crippen molar-refractivity contribution in [1.29, 1.82) is 0 Å². The minimum absolute atomic E-state index is 0.0867. The van der Waals surface area contributed by atoms with Gasteiger partial charge in [0.2, 0.25) is 0 Å². The summed E-state index contributed by atoms with van der Waals surface area (Å²) >= 11 is 1.10. The Bertz CT molecular complexity index is 945. The molecule has 0 radical (unpaired) electrons. The van der Waals surface area contributed by atoms with E-state index in [9.17, 15) is 17.6 Å². The van der Waals surface area contributed by atoms with Crippen molar-refractivity contribution >= 4 is 33.0 Å². The summed E-state index contributed by atoms with van der Waals surface area (Å²) in [4.78, 5) is 16.3. The zero-order valence-corrected chi connectivity index (χ0v) is 17.0. The highest BCUT2D eigenvalue weighted by molar-refractivity contribution is 7.91. The van der Waals surface area contributed by atoms with E-state index in [0.29, 0.717) is 31.7 Å². The standard InChI is InChI=1S/C19H22FN3O3S2/c20-16-3-5-17(6-4-16)21-9-11-23(12-10-21)28(25,26)18-13-15(14-27-18)19(24)22-7-1-2-8-22/h3-6,13-14H,1-2,7-12H2. The monoisotopic (exact) mass is 423 g/mol. The Labute approximate surface area is 168 Å². The minimum Gasteiger partial charge on any atom is -0.369 e. The van der Waals surface area contributed by atoms with Crippen LogP contribution in [0.2, 0.25) is 0 Å². The van der Waals surface area contributed by atoms with Crippen LogP contribution in [0.5, 0.6) is 0 Å². The second-order valence-electron chi connectivity index (χ2n) is 7.02. The van der Waals surface area contributed by atoms with Gasteiger partial charge in [0.25, 0.3) is 15.9 Å². The van der Waals surface area contributed by atoms with E-state index in [2.05, 4.69) is 0 Å². The van der Waals surface area contributed by atoms with Crippen molar-refractivity contribution in [3.63, 3.8) is 0 Å². The quantitative estimate of drug-likeness (QED) is 0.759. The molecule has 6 nitrogen and oxygen atoms in total. The maximum Gasteiger partial charge on any atom is 0.254 e. The molecule has 0 aliphatic carbocycles. The third kappa shape index (κ3) is 3.78. The highest BCUT2D eigenvalue weighted by Gasteiger charge is 2.31. The lowest BCUT2D eigenvalue weighted by Crippen LogP contribution is -2.48. The van der Waals surface area contributed by atoms with Gasteiger partial charge >= 0.3 is 0 Å². The SMILES string of the molecule is O=C(c1csc(S(=O)(=O)N2CCN(c3ccc(F)cc3)CC2)c1)N1CCCC1. The molecule has 0 bridgehead atoms. The van der Waals surface area contributed by atoms with E-state index in [4.69, 9.17) is 0 Å². The molecule has 2 aromatic rings. The number of hydrogen-bond acceptors (Lipinski definition) is 5. The molecule has 0 unspecified atom stereocenters. The number of carbonyl (C=O) groups is 1. The summed E-state index contributed by atoms with van der Waals surface area (Å²) in [6, 6.07) is 7.73. The highest BCUT2D eigenvalue weighted by Crippen LogP contribution is 2.27. The Morgan fingerprint density at radius 1 is 0.964 bits per heavy atom. The first kappa shape index (κ1) is 19.4. The fourth-order valence-corrected chi connectivity index (χ4v) is 6.36. The number of carbonyl (C=O) groups excluding carboxylic acids is 1. The summed E-state index contributed by atoms with van der Waals surface area (Å²) in [5.41, 5.74) is 1.34. The lowest BCUT2D eigenvalue weighted by molar-refractivity contribution is 0.0793. The lowest BCUT2D eigenvalue weighted by atomic mass is 10.2. The van der Waals surface area contributed by atoms with E-state index >= 15 is 0 Å². The maximum atomic E-state index is 13.1. The molecule has 2 aliphatic heterocycles. The van der Waals surface area contributed by atoms with Crippen molar-refractivity contribution in [2.45, 2.75) is 17.1 Å². The van der Waals surface area contributed by atoms with Crippen LogP contribution in [0.1, 0.15) is 23.2 Å². The van der Waals surface area contributed by atoms with Gasteiger partial charge < -0.3 is 9.80 Å². The van der Waals surface area contributed by atoms with E-state index in [1.54, 1.807) is 22.4 Å². The molecule has 0 spiro atoms. The largest absolute Gasteiger partial charge is 0.369 e. The number of nitrogens with zero attached hydrogens (tertiary/aromatic N) is 3. The van der Waals surface area contributed by atoms with Gasteiger partial charge in [0.05, 0.1) is 5.56 Å². The molecule has 0 atom stereocenters. The number of amides is 1. The van der Waals surface area contributed by atoms with E-state index < -0.39 is 10.0 Å². The molecule has 9 heteroatoms. The molecule has 1 aromatic heterocycles. The smallest absolute Gasteiger partial charge is 0.254 e. The average molecular weight is 424 g/mol. The molecule has 150 valence electrons. The van der Waals surface area contributed by atoms with Crippen LogP contribution in [0.25, 0.3) is 0 Å². The van der Waals surface area contributed by atoms with Crippen molar-refractivity contribution < 1.29 is 17.6 Å². The van der Waals surface area contributed by atoms with Crippen LogP contribution in [0, 0.1) is 5.82 Å². The molecule has 1 amide bonds. The number of halogens is 1. The fraction of sp³-hybridized carbons (Fsp3) is 0.421. The van der Waals surface area contributed by atoms with E-state index in [1.165, 1.54) is 22.5 Å². The fourth-order valence-electron chi connectivity index (χ4n) is 3.63. The van der Waals surface area contributed by atoms with Crippen molar-refractivity contribution in [2.24, 2.45) is 0 Å². The van der Waals surface area contributed by atoms with Crippen molar-refractivity contribution in [3.05, 3.63) is 47.1 Å². The average Bonchev–Trinajstić information content (AvgIpc) is 3.41. The number of rotatable bonds is 4. The Balaban J connectivity index is 1.43. The summed E-state index contributed by atoms with van der Waals surface area (Å²) in [5, 5.41) is 1.64. The molecule has 4 rings (SSSR count). The number of likely N-dealkylation sites (tertiary alicyclic amines) is 1. The predicted molar refractivity (Wildman–Crippen MR) is 107 cm³/mol. The Morgan fingerprint density at radius 2 is 1.61 bits per heavy atom. The number of thiophene rings is 1. The molecule has 3 heterocycles. The first-order chi connectivity index (χ1) is 13.4. The van der Waals surface area contributed by atoms with Crippen LogP contribution >= 0.6 is 11.3 Å². The summed E-state index contributed by atoms with van der Waals surface area (Å²) in [7, 11) is -3.62. The third-order valence-corrected chi connectivity index (χ3v) is 8.55. The van der Waals surface area contributed by atoms with Gasteiger partial charge in [0, 0.05) is 50.3 Å². The Kier molecular flexibility index (Phi) is 5.39. The zero-order chi connectivity index (χ0) is 19.7. The Morgan fingerprint density at radius 3 is 2.25 bits per heavy atom. The molecule has 1 aromatic carbocycles. The topological polar surface area (TPSA) is 60.9 Å². The van der Waals surface area contributed by atoms with Gasteiger partial charge in [-0.05, 0) is 43.2 Å². The molecule has 2 aliphatic rings. The summed E-state index contributed by atoms with van der Waals surface area (Å²) < 4.78 is 40.7. The normalized spacial score (nSPS) is 18.6. The van der Waals surface area contributed by atoms with E-state index in [0.717, 1.165) is 43.0 Å². The van der Waals surface area contributed by atoms with Gasteiger partial charge in [-0.3, -0.25) is 4.79 Å². The number of piperazine rings is 1. The number of hydrogen-bond donors (Lipinski definition) is 0. The molecular formula is C19H22FN3O3S2. The van der Waals surface area contributed by atoms with Gasteiger partial charge in [0.15, 0.2) is 0 Å². The highest BCUT2D eigenvalue weighted by atomic mass is 32.2. The minimum atomic E-state index is -3.62. The van der Waals surface area contributed by atoms with Gasteiger partial charge in [-0.2, -0.15) is 4.31 Å². The van der Waals surface area contributed by atoms with Gasteiger partial charge in [0.1, 0.15) is 10.0 Å². The second kappa shape index (κ2) is 7.81. The molecular weight excluding hydrogens is 401 g/mol. The predicted octanol–water partition coefficient (Wildman–Crippen LogP) is 2.63. The molecule has 2 fully saturated rings. The van der Waals surface area contributed by atoms with Crippen LogP contribution in [-0.4, -0.2) is 62.8 Å². The zero-order valence-electron chi connectivity index (χ0n) is 15.4. The van der Waals surface area contributed by atoms with Crippen molar-refractivity contribution in [1.82, 2.24) is 9.21 Å². The Hall–Kier alpha value is -1.97. The molecule has 2 saturated heterocycles. The van der Waals surface area contributed by atoms with Crippen molar-refractivity contribution in [2.75, 3.05) is 44.2 Å². The number of sulfonamides is 1. The van der Waals surface area contributed by atoms with Crippen LogP contribution in [0.15, 0.2) is 39.9 Å². The summed E-state index contributed by atoms with van der Waals surface area (Å²) in [6.45, 7) is 3.26. The number of benzene rings is 1. The van der Waals surface area contributed by atoms with Crippen LogP contribution < -0.4 is 4.90 Å². The third-order valence-electron chi connectivity index (χ3n) is 5.24. The van der Waals surface area contributed by atoms with Gasteiger partial charge in [-0.15, -0.1) is 11.3 Å². The lowest BCUT2D eigenvalue weighted by Gasteiger charge is -2.35. The maximum absolute atomic E-state index is 13.1. The first-order valence-electron chi connectivity index (χ1n) is 9.33. The van der Waals surface area contributed by atoms with Gasteiger partial charge in [-0.1, -0.05) is 0 Å². The van der Waals surface area contributed by atoms with Gasteiger partial charge in [-0.25, -0.2) is 12.8 Å². The van der Waals surface area contributed by atoms with Crippen LogP contribution in [-0.2, 0) is 10.0 Å². The number of anilines is 1. The van der Waals surface area contributed by atoms with Crippen LogP contribution in [0.4, 0.5) is 10.1 Å². The summed E-state index contributed by atoms with van der Waals surface area (Å²) in [5.74, 6) is -0.377. The van der Waals surface area contributed by atoms with E-state index in [-0.39, 0.29) is 15.9 Å². The first-order valence-corrected chi connectivity index (χ1v) is 11.7. The van der Waals surface area contributed by atoms with Crippen molar-refractivity contribution in [3.8, 4) is 0 Å². The van der Waals surface area contributed by atoms with Crippen LogP contribution in [0.3, 0.4) is 0 Å². The molecule has 0 N–H and O–H groups in total. The van der Waals surface area contributed by atoms with E-state index in [1.807, 2.05) is 4.90 Å². The molecule has 0 saturated carbocycles. The second-order valence-corrected chi connectivity index (χ2v) is 10.1. The molecule has 28 heavy (non-hydrogen) atoms. The summed E-state index contributed by atoms with van der Waals surface area (Å²) in [6.07, 6.45) is 2.00.